The van der Waals surface area contributed by atoms with Gasteiger partial charge in [0.1, 0.15) is 5.82 Å². The number of methoxy groups -OCH3 is 1. The second-order valence-corrected chi connectivity index (χ2v) is 11.5. The molecule has 39 heavy (non-hydrogen) atoms. The summed E-state index contributed by atoms with van der Waals surface area (Å²) in [4.78, 5) is 18.6. The molecule has 0 amide bonds. The quantitative estimate of drug-likeness (QED) is 0.444. The lowest BCUT2D eigenvalue weighted by Crippen LogP contribution is -2.38. The summed E-state index contributed by atoms with van der Waals surface area (Å²) in [5.74, 6) is 1.50. The van der Waals surface area contributed by atoms with E-state index in [1.807, 2.05) is 17.0 Å². The molecule has 1 aromatic heterocycles. The highest BCUT2D eigenvalue weighted by Crippen LogP contribution is 2.40. The average Bonchev–Trinajstić information content (AvgIpc) is 3.70. The van der Waals surface area contributed by atoms with E-state index in [1.54, 1.807) is 7.11 Å². The first kappa shape index (κ1) is 26.0. The highest BCUT2D eigenvalue weighted by atomic mass is 35.5. The Bertz CT molecular complexity index is 1380. The van der Waals surface area contributed by atoms with Gasteiger partial charge in [0.15, 0.2) is 6.19 Å². The van der Waals surface area contributed by atoms with Crippen LogP contribution >= 0.6 is 11.6 Å². The number of halogens is 1. The van der Waals surface area contributed by atoms with Gasteiger partial charge in [-0.1, -0.05) is 35.9 Å². The second-order valence-electron chi connectivity index (χ2n) is 11.1. The average molecular weight is 546 g/mol. The summed E-state index contributed by atoms with van der Waals surface area (Å²) >= 11 is 6.61. The van der Waals surface area contributed by atoms with Crippen molar-refractivity contribution >= 4 is 33.9 Å². The molecule has 2 atom stereocenters. The van der Waals surface area contributed by atoms with Gasteiger partial charge in [0, 0.05) is 48.7 Å². The largest absolute Gasteiger partial charge is 0.467 e. The standard InChI is InChI=1S/C25H25ClN6O.C5H11N/c1-33-25-28-20-13-31(21-7-3-5-16-4-2-6-19(26)23(16)21)10-9-18(20)24(29-25)32-11-8-17-12-30(15-27)14-22(17)32;1-6-4-2-3-5-6/h2-7,17,22H,8-14H2,1H3;2-5H2,1H3. The van der Waals surface area contributed by atoms with Crippen molar-refractivity contribution in [3.8, 4) is 12.2 Å². The Morgan fingerprint density at radius 3 is 2.54 bits per heavy atom. The van der Waals surface area contributed by atoms with Crippen LogP contribution in [0.15, 0.2) is 36.4 Å². The lowest BCUT2D eigenvalue weighted by Gasteiger charge is -2.34. The first-order chi connectivity index (χ1) is 19.1. The normalized spacial score (nSPS) is 22.4. The minimum Gasteiger partial charge on any atom is -0.467 e. The lowest BCUT2D eigenvalue weighted by atomic mass is 10.0. The van der Waals surface area contributed by atoms with Crippen molar-refractivity contribution in [1.82, 2.24) is 19.8 Å². The van der Waals surface area contributed by atoms with Crippen LogP contribution in [0.3, 0.4) is 0 Å². The number of likely N-dealkylation sites (tertiary alicyclic amines) is 2. The van der Waals surface area contributed by atoms with Crippen LogP contribution in [0.25, 0.3) is 10.8 Å². The third kappa shape index (κ3) is 5.06. The van der Waals surface area contributed by atoms with E-state index in [4.69, 9.17) is 26.3 Å². The van der Waals surface area contributed by atoms with Gasteiger partial charge in [-0.05, 0) is 63.3 Å². The monoisotopic (exact) mass is 545 g/mol. The topological polar surface area (TPSA) is 71.8 Å². The maximum absolute atomic E-state index is 9.38. The molecule has 3 saturated heterocycles. The van der Waals surface area contributed by atoms with E-state index in [2.05, 4.69) is 52.2 Å². The molecule has 7 rings (SSSR count). The molecule has 3 aromatic rings. The lowest BCUT2D eigenvalue weighted by molar-refractivity contribution is 0.376. The van der Waals surface area contributed by atoms with Crippen molar-refractivity contribution in [3.63, 3.8) is 0 Å². The van der Waals surface area contributed by atoms with Crippen LogP contribution < -0.4 is 14.5 Å². The van der Waals surface area contributed by atoms with E-state index < -0.39 is 0 Å². The number of ether oxygens (including phenoxy) is 1. The molecular weight excluding hydrogens is 510 g/mol. The molecule has 0 aliphatic carbocycles. The minimum absolute atomic E-state index is 0.322. The smallest absolute Gasteiger partial charge is 0.318 e. The van der Waals surface area contributed by atoms with Gasteiger partial charge in [-0.15, -0.1) is 0 Å². The highest BCUT2D eigenvalue weighted by molar-refractivity contribution is 6.36. The van der Waals surface area contributed by atoms with E-state index in [1.165, 1.54) is 31.5 Å². The van der Waals surface area contributed by atoms with Crippen LogP contribution in [0.4, 0.5) is 11.5 Å². The third-order valence-electron chi connectivity index (χ3n) is 8.67. The summed E-state index contributed by atoms with van der Waals surface area (Å²) in [6.07, 6.45) is 7.09. The molecule has 0 N–H and O–H groups in total. The highest BCUT2D eigenvalue weighted by Gasteiger charge is 2.43. The fourth-order valence-electron chi connectivity index (χ4n) is 6.64. The molecule has 3 fully saturated rings. The minimum atomic E-state index is 0.322. The summed E-state index contributed by atoms with van der Waals surface area (Å²) in [5.41, 5.74) is 3.34. The van der Waals surface area contributed by atoms with Crippen molar-refractivity contribution < 1.29 is 4.74 Å². The number of hydrogen-bond donors (Lipinski definition) is 0. The molecule has 5 heterocycles. The molecule has 9 heteroatoms. The van der Waals surface area contributed by atoms with Crippen LogP contribution in [0.2, 0.25) is 5.02 Å². The van der Waals surface area contributed by atoms with Gasteiger partial charge in [0.25, 0.3) is 0 Å². The molecule has 0 radical (unpaired) electrons. The fourth-order valence-corrected chi connectivity index (χ4v) is 6.92. The zero-order valence-corrected chi connectivity index (χ0v) is 23.6. The summed E-state index contributed by atoms with van der Waals surface area (Å²) in [5, 5.41) is 12.4. The molecule has 0 bridgehead atoms. The van der Waals surface area contributed by atoms with Gasteiger partial charge in [0.05, 0.1) is 30.4 Å². The summed E-state index contributed by atoms with van der Waals surface area (Å²) in [6.45, 7) is 6.76. The first-order valence-corrected chi connectivity index (χ1v) is 14.4. The molecule has 204 valence electrons. The Balaban J connectivity index is 0.000000410. The van der Waals surface area contributed by atoms with Gasteiger partial charge in [-0.25, -0.2) is 0 Å². The number of rotatable bonds is 3. The maximum atomic E-state index is 9.38. The molecule has 2 unspecified atom stereocenters. The third-order valence-corrected chi connectivity index (χ3v) is 8.98. The Hall–Kier alpha value is -3.28. The Morgan fingerprint density at radius 1 is 1.03 bits per heavy atom. The van der Waals surface area contributed by atoms with Crippen molar-refractivity contribution in [2.24, 2.45) is 5.92 Å². The number of aromatic nitrogens is 2. The molecule has 0 saturated carbocycles. The number of anilines is 2. The van der Waals surface area contributed by atoms with Crippen molar-refractivity contribution in [1.29, 1.82) is 5.26 Å². The van der Waals surface area contributed by atoms with Gasteiger partial charge >= 0.3 is 6.01 Å². The Morgan fingerprint density at radius 2 is 1.82 bits per heavy atom. The summed E-state index contributed by atoms with van der Waals surface area (Å²) < 4.78 is 5.51. The van der Waals surface area contributed by atoms with E-state index >= 15 is 0 Å². The van der Waals surface area contributed by atoms with E-state index in [0.29, 0.717) is 24.5 Å². The fraction of sp³-hybridized carbons (Fsp3) is 0.500. The van der Waals surface area contributed by atoms with Crippen LogP contribution in [-0.4, -0.2) is 79.2 Å². The van der Waals surface area contributed by atoms with Gasteiger partial charge < -0.3 is 24.3 Å². The van der Waals surface area contributed by atoms with E-state index in [0.717, 1.165) is 72.0 Å². The SMILES string of the molecule is CN1CCCC1.COc1nc2c(c(N3CCC4CN(C#N)CC43)n1)CCN(c1cccc3cccc(Cl)c13)C2. The van der Waals surface area contributed by atoms with Crippen LogP contribution in [0, 0.1) is 17.4 Å². The van der Waals surface area contributed by atoms with Crippen molar-refractivity contribution in [3.05, 3.63) is 52.7 Å². The van der Waals surface area contributed by atoms with Gasteiger partial charge in [-0.2, -0.15) is 15.2 Å². The Kier molecular flexibility index (Phi) is 7.37. The second kappa shape index (κ2) is 11.1. The summed E-state index contributed by atoms with van der Waals surface area (Å²) in [6, 6.07) is 13.1. The number of nitrogens with zero attached hydrogens (tertiary/aromatic N) is 7. The van der Waals surface area contributed by atoms with Crippen LogP contribution in [0.1, 0.15) is 30.5 Å². The van der Waals surface area contributed by atoms with Crippen LogP contribution in [-0.2, 0) is 13.0 Å². The number of hydrogen-bond acceptors (Lipinski definition) is 8. The van der Waals surface area contributed by atoms with E-state index in [9.17, 15) is 5.26 Å². The molecule has 2 aromatic carbocycles. The predicted molar refractivity (Wildman–Crippen MR) is 155 cm³/mol. The van der Waals surface area contributed by atoms with Crippen molar-refractivity contribution in [2.75, 3.05) is 63.2 Å². The molecule has 4 aliphatic rings. The van der Waals surface area contributed by atoms with E-state index in [-0.39, 0.29) is 0 Å². The molecule has 0 spiro atoms. The summed E-state index contributed by atoms with van der Waals surface area (Å²) in [7, 11) is 3.79. The zero-order chi connectivity index (χ0) is 26.9. The number of nitriles is 1. The maximum Gasteiger partial charge on any atom is 0.318 e. The van der Waals surface area contributed by atoms with Crippen molar-refractivity contribution in [2.45, 2.75) is 38.3 Å². The molecule has 4 aliphatic heterocycles. The number of benzene rings is 2. The Labute approximate surface area is 235 Å². The number of fused-ring (bicyclic) bond motifs is 3. The zero-order valence-electron chi connectivity index (χ0n) is 22.8. The predicted octanol–water partition coefficient (Wildman–Crippen LogP) is 4.56. The van der Waals surface area contributed by atoms with Gasteiger partial charge in [-0.3, -0.25) is 0 Å². The molecule has 8 nitrogen and oxygen atoms in total. The molecular formula is C30H36ClN7O. The first-order valence-electron chi connectivity index (χ1n) is 14.0. The van der Waals surface area contributed by atoms with Gasteiger partial charge in [0.2, 0.25) is 0 Å². The van der Waals surface area contributed by atoms with Crippen LogP contribution in [0.5, 0.6) is 6.01 Å².